The Bertz CT molecular complexity index is 687. The van der Waals surface area contributed by atoms with Crippen LogP contribution in [0.5, 0.6) is 11.5 Å². The first-order valence-electron chi connectivity index (χ1n) is 6.68. The van der Waals surface area contributed by atoms with Crippen molar-refractivity contribution in [2.75, 3.05) is 14.2 Å². The molecule has 8 heteroatoms. The van der Waals surface area contributed by atoms with Crippen molar-refractivity contribution in [2.45, 2.75) is 0 Å². The van der Waals surface area contributed by atoms with Gasteiger partial charge in [-0.05, 0) is 0 Å². The van der Waals surface area contributed by atoms with Crippen LogP contribution in [0.15, 0.2) is 48.5 Å². The van der Waals surface area contributed by atoms with Gasteiger partial charge in [-0.15, -0.1) is 0 Å². The molecule has 0 aliphatic heterocycles. The Hall–Kier alpha value is 0.809. The second-order valence-electron chi connectivity index (χ2n) is 4.40. The van der Waals surface area contributed by atoms with Crippen LogP contribution in [0.2, 0.25) is 0 Å². The Balaban J connectivity index is 0.000000647. The van der Waals surface area contributed by atoms with Crippen LogP contribution in [-0.4, -0.2) is 44.5 Å². The quantitative estimate of drug-likeness (QED) is 0.298. The van der Waals surface area contributed by atoms with Gasteiger partial charge in [-0.1, -0.05) is 0 Å². The Morgan fingerprint density at radius 2 is 1.33 bits per heavy atom. The van der Waals surface area contributed by atoms with Crippen molar-refractivity contribution in [3.05, 3.63) is 48.5 Å². The van der Waals surface area contributed by atoms with Gasteiger partial charge in [0.05, 0.1) is 0 Å². The summed E-state index contributed by atoms with van der Waals surface area (Å²) >= 11 is 6.21. The van der Waals surface area contributed by atoms with Gasteiger partial charge in [0.2, 0.25) is 0 Å². The van der Waals surface area contributed by atoms with E-state index >= 15 is 0 Å². The van der Waals surface area contributed by atoms with Gasteiger partial charge in [-0.3, -0.25) is 0 Å². The van der Waals surface area contributed by atoms with Gasteiger partial charge < -0.3 is 0 Å². The summed E-state index contributed by atoms with van der Waals surface area (Å²) < 4.78 is 12.9. The van der Waals surface area contributed by atoms with Crippen LogP contribution in [0.1, 0.15) is 0 Å². The molecule has 0 saturated carbocycles. The molecule has 0 radical (unpaired) electrons. The molecular weight excluding hydrogens is 777 g/mol. The van der Waals surface area contributed by atoms with E-state index in [1.807, 2.05) is 24.3 Å². The molecule has 0 N–H and O–H groups in total. The first-order valence-corrected chi connectivity index (χ1v) is 25.3. The van der Waals surface area contributed by atoms with E-state index in [9.17, 15) is 0 Å². The number of ether oxygens (including phenoxy) is 2. The molecule has 1 heterocycles. The van der Waals surface area contributed by atoms with E-state index in [2.05, 4.69) is 61.5 Å². The summed E-state index contributed by atoms with van der Waals surface area (Å²) in [5, 5.41) is 0. The molecule has 0 aliphatic carbocycles. The van der Waals surface area contributed by atoms with E-state index in [1.165, 1.54) is 20.3 Å². The summed E-state index contributed by atoms with van der Waals surface area (Å²) in [5.74, 6) is 1.77. The van der Waals surface area contributed by atoms with Crippen LogP contribution in [0.4, 0.5) is 0 Å². The molecule has 0 aliphatic rings. The van der Waals surface area contributed by atoms with Crippen molar-refractivity contribution in [2.24, 2.45) is 0 Å². The summed E-state index contributed by atoms with van der Waals surface area (Å²) in [6, 6.07) is 16.3. The summed E-state index contributed by atoms with van der Waals surface area (Å²) in [5.41, 5.74) is 2.42. The van der Waals surface area contributed by atoms with Gasteiger partial charge >= 0.3 is 185 Å². The molecule has 0 atom stereocenters. The molecule has 24 heavy (non-hydrogen) atoms. The predicted octanol–water partition coefficient (Wildman–Crippen LogP) is 1.60. The average Bonchev–Trinajstić information content (AvgIpc) is 3.13. The maximum atomic E-state index is 5.20. The van der Waals surface area contributed by atoms with Gasteiger partial charge in [-0.25, -0.2) is 0 Å². The molecule has 3 nitrogen and oxygen atoms in total. The van der Waals surface area contributed by atoms with Crippen LogP contribution in [0, 0.1) is 0 Å². The monoisotopic (exact) mass is 793 g/mol. The third-order valence-electron chi connectivity index (χ3n) is 3.08. The minimum atomic E-state index is 0.455. The van der Waals surface area contributed by atoms with E-state index in [-0.39, 0.29) is 0 Å². The number of aromatic nitrogens is 1. The number of nitrogens with zero attached hydrogens (tertiary/aromatic N) is 1. The van der Waals surface area contributed by atoms with Gasteiger partial charge in [0, 0.05) is 0 Å². The standard InChI is InChI=1S/C16H14NO2Se2.I3/c1-18-13-7-3-11(4-8-13)15-17-16(21-20-15)12-5-9-14(19-2)10-6-12;1-3-2/h3-10H,1-2H3;/q+1;-1. The van der Waals surface area contributed by atoms with Crippen LogP contribution in [-0.2, 0) is 0 Å². The van der Waals surface area contributed by atoms with Crippen LogP contribution >= 0.6 is 37.2 Å². The van der Waals surface area contributed by atoms with Gasteiger partial charge in [0.25, 0.3) is 0 Å². The number of benzene rings is 2. The molecule has 0 spiro atoms. The Kier molecular flexibility index (Phi) is 10.1. The molecule has 1 aromatic heterocycles. The zero-order valence-corrected chi connectivity index (χ0v) is 22.7. The van der Waals surface area contributed by atoms with E-state index < -0.39 is 0 Å². The maximum absolute atomic E-state index is 5.20. The Morgan fingerprint density at radius 1 is 0.875 bits per heavy atom. The number of hydrogen-bond donors (Lipinski definition) is 0. The zero-order valence-electron chi connectivity index (χ0n) is 12.8. The second kappa shape index (κ2) is 11.5. The number of halogens is 3. The number of rotatable bonds is 4. The summed E-state index contributed by atoms with van der Waals surface area (Å²) in [4.78, 5) is 4.85. The van der Waals surface area contributed by atoms with Crippen molar-refractivity contribution in [1.82, 2.24) is 4.98 Å². The van der Waals surface area contributed by atoms with Crippen LogP contribution in [0.3, 0.4) is 0 Å². The molecule has 0 amide bonds. The first kappa shape index (κ1) is 21.1. The second-order valence-corrected chi connectivity index (χ2v) is 26.6. The van der Waals surface area contributed by atoms with E-state index in [0.29, 0.717) is 38.5 Å². The van der Waals surface area contributed by atoms with Gasteiger partial charge in [-0.2, -0.15) is 0 Å². The Labute approximate surface area is 182 Å². The fourth-order valence-corrected chi connectivity index (χ4v) is 8.67. The molecule has 0 fully saturated rings. The van der Waals surface area contributed by atoms with Crippen LogP contribution < -0.4 is 22.7 Å². The van der Waals surface area contributed by atoms with E-state index in [1.54, 1.807) is 14.2 Å². The van der Waals surface area contributed by atoms with E-state index in [0.717, 1.165) is 11.5 Å². The Morgan fingerprint density at radius 3 is 1.79 bits per heavy atom. The molecule has 0 bridgehead atoms. The molecule has 0 unspecified atom stereocenters. The third-order valence-corrected chi connectivity index (χ3v) is 9.64. The average molecular weight is 791 g/mol. The molecule has 3 rings (SSSR count). The summed E-state index contributed by atoms with van der Waals surface area (Å²) in [6.45, 7) is 0. The predicted molar refractivity (Wildman–Crippen MR) is 115 cm³/mol. The molecule has 128 valence electrons. The van der Waals surface area contributed by atoms with Crippen molar-refractivity contribution >= 4 is 62.5 Å². The number of hydrogen-bond acceptors (Lipinski definition) is 3. The summed E-state index contributed by atoms with van der Waals surface area (Å²) in [7, 11) is 3.37. The van der Waals surface area contributed by atoms with Crippen molar-refractivity contribution < 1.29 is 22.7 Å². The molecule has 0 saturated heterocycles. The normalized spacial score (nSPS) is 10.0. The van der Waals surface area contributed by atoms with Crippen molar-refractivity contribution in [1.29, 1.82) is 0 Å². The van der Waals surface area contributed by atoms with Crippen molar-refractivity contribution in [3.8, 4) is 31.8 Å². The molecular formula is C16H14I3NO2Se2. The van der Waals surface area contributed by atoms with Crippen molar-refractivity contribution in [3.63, 3.8) is 0 Å². The fourth-order valence-electron chi connectivity index (χ4n) is 1.90. The zero-order chi connectivity index (χ0) is 17.4. The van der Waals surface area contributed by atoms with Gasteiger partial charge in [0.15, 0.2) is 0 Å². The van der Waals surface area contributed by atoms with Crippen LogP contribution in [0.25, 0.3) is 20.3 Å². The van der Waals surface area contributed by atoms with Gasteiger partial charge in [0.1, 0.15) is 0 Å². The fraction of sp³-hybridized carbons (Fsp3) is 0.125. The first-order chi connectivity index (χ1) is 11.7. The minimum absolute atomic E-state index is 0.455. The van der Waals surface area contributed by atoms with E-state index in [4.69, 9.17) is 14.5 Å². The summed E-state index contributed by atoms with van der Waals surface area (Å²) in [6.07, 6.45) is 0. The third kappa shape index (κ3) is 6.21. The topological polar surface area (TPSA) is 31.4 Å². The molecule has 2 aromatic carbocycles. The SMILES string of the molecule is COc1ccc(-c2nc(-c3ccc(OC)cc3)[se+][se]2)cc1.I[I-]I. The number of methoxy groups -OCH3 is 2. The molecule has 3 aromatic rings.